The van der Waals surface area contributed by atoms with Gasteiger partial charge in [0.2, 0.25) is 0 Å². The van der Waals surface area contributed by atoms with Crippen LogP contribution in [0.25, 0.3) is 0 Å². The highest BCUT2D eigenvalue weighted by molar-refractivity contribution is 7.90. The molecule has 0 saturated carbocycles. The molecule has 0 aliphatic heterocycles. The van der Waals surface area contributed by atoms with E-state index in [1.807, 2.05) is 14.1 Å². The van der Waals surface area contributed by atoms with E-state index in [4.69, 9.17) is 0 Å². The lowest BCUT2D eigenvalue weighted by atomic mass is 9.83. The lowest BCUT2D eigenvalue weighted by molar-refractivity contribution is 0.186. The topological polar surface area (TPSA) is 49.4 Å². The molecule has 20 heavy (non-hydrogen) atoms. The Kier molecular flexibility index (Phi) is 4.83. The molecule has 4 nitrogen and oxygen atoms in total. The summed E-state index contributed by atoms with van der Waals surface area (Å²) >= 11 is 0. The molecule has 0 heterocycles. The summed E-state index contributed by atoms with van der Waals surface area (Å²) in [6.45, 7) is 0.587. The van der Waals surface area contributed by atoms with Crippen molar-refractivity contribution < 1.29 is 8.42 Å². The number of benzene rings is 1. The zero-order chi connectivity index (χ0) is 14.8. The van der Waals surface area contributed by atoms with Crippen molar-refractivity contribution in [2.75, 3.05) is 32.6 Å². The number of nitrogens with one attached hydrogen (secondary N) is 1. The molecular formula is C15H24N2O2S. The minimum Gasteiger partial charge on any atom is -0.312 e. The van der Waals surface area contributed by atoms with E-state index >= 15 is 0 Å². The number of aryl methyl sites for hydroxylation is 1. The van der Waals surface area contributed by atoms with Gasteiger partial charge in [0.1, 0.15) is 9.84 Å². The van der Waals surface area contributed by atoms with Crippen LogP contribution in [0.1, 0.15) is 23.6 Å². The first-order chi connectivity index (χ1) is 9.42. The van der Waals surface area contributed by atoms with E-state index in [2.05, 4.69) is 34.5 Å². The molecule has 0 spiro atoms. The molecule has 0 aromatic heterocycles. The van der Waals surface area contributed by atoms with Gasteiger partial charge < -0.3 is 10.2 Å². The van der Waals surface area contributed by atoms with Gasteiger partial charge in [-0.05, 0) is 38.1 Å². The van der Waals surface area contributed by atoms with Crippen molar-refractivity contribution in [2.45, 2.75) is 24.9 Å². The van der Waals surface area contributed by atoms with Crippen LogP contribution in [0.3, 0.4) is 0 Å². The van der Waals surface area contributed by atoms with Gasteiger partial charge in [0.15, 0.2) is 0 Å². The third-order valence-corrected chi connectivity index (χ3v) is 5.10. The average molecular weight is 296 g/mol. The molecule has 0 fully saturated rings. The van der Waals surface area contributed by atoms with Crippen LogP contribution in [0.2, 0.25) is 0 Å². The van der Waals surface area contributed by atoms with Crippen LogP contribution >= 0.6 is 0 Å². The van der Waals surface area contributed by atoms with E-state index in [1.54, 1.807) is 0 Å². The quantitative estimate of drug-likeness (QED) is 0.888. The molecular weight excluding hydrogens is 272 g/mol. The molecule has 1 aromatic carbocycles. The summed E-state index contributed by atoms with van der Waals surface area (Å²) in [6, 6.07) is 9.13. The molecule has 1 N–H and O–H groups in total. The highest BCUT2D eigenvalue weighted by Gasteiger charge is 2.30. The Morgan fingerprint density at radius 2 is 2.05 bits per heavy atom. The first-order valence-corrected chi connectivity index (χ1v) is 9.11. The predicted octanol–water partition coefficient (Wildman–Crippen LogP) is 1.24. The Hall–Kier alpha value is -0.910. The van der Waals surface area contributed by atoms with Gasteiger partial charge in [0.05, 0.1) is 5.75 Å². The van der Waals surface area contributed by atoms with Crippen molar-refractivity contribution >= 4 is 9.84 Å². The molecule has 112 valence electrons. The van der Waals surface area contributed by atoms with Gasteiger partial charge in [-0.25, -0.2) is 8.42 Å². The first kappa shape index (κ1) is 15.5. The largest absolute Gasteiger partial charge is 0.312 e. The lowest BCUT2D eigenvalue weighted by Crippen LogP contribution is -2.46. The standard InChI is InChI=1S/C15H24N2O2S/c1-16-15-13-7-5-4-6-12(13)8-9-14(15)17(2)10-11-20(3,18)19/h4-7,14-16H,8-11H2,1-3H3. The van der Waals surface area contributed by atoms with Crippen LogP contribution < -0.4 is 5.32 Å². The maximum Gasteiger partial charge on any atom is 0.148 e. The molecule has 2 rings (SSSR count). The van der Waals surface area contributed by atoms with E-state index in [-0.39, 0.29) is 11.8 Å². The average Bonchev–Trinajstić information content (AvgIpc) is 2.42. The van der Waals surface area contributed by atoms with Crippen molar-refractivity contribution in [2.24, 2.45) is 0 Å². The molecule has 5 heteroatoms. The van der Waals surface area contributed by atoms with Crippen LogP contribution in [-0.2, 0) is 16.3 Å². The summed E-state index contributed by atoms with van der Waals surface area (Å²) in [4.78, 5) is 2.18. The second kappa shape index (κ2) is 6.24. The molecule has 2 atom stereocenters. The third-order valence-electron chi connectivity index (χ3n) is 4.18. The van der Waals surface area contributed by atoms with Gasteiger partial charge in [-0.1, -0.05) is 24.3 Å². The number of fused-ring (bicyclic) bond motifs is 1. The van der Waals surface area contributed by atoms with Crippen molar-refractivity contribution in [1.82, 2.24) is 10.2 Å². The van der Waals surface area contributed by atoms with Gasteiger partial charge >= 0.3 is 0 Å². The van der Waals surface area contributed by atoms with Gasteiger partial charge in [0.25, 0.3) is 0 Å². The normalized spacial score (nSPS) is 22.8. The minimum absolute atomic E-state index is 0.220. The molecule has 0 amide bonds. The Morgan fingerprint density at radius 1 is 1.35 bits per heavy atom. The Bertz CT molecular complexity index is 557. The van der Waals surface area contributed by atoms with Crippen LogP contribution in [0.5, 0.6) is 0 Å². The number of sulfone groups is 1. The van der Waals surface area contributed by atoms with Crippen LogP contribution in [0.15, 0.2) is 24.3 Å². The van der Waals surface area contributed by atoms with E-state index in [0.29, 0.717) is 12.6 Å². The van der Waals surface area contributed by atoms with Crippen LogP contribution in [0.4, 0.5) is 0 Å². The summed E-state index contributed by atoms with van der Waals surface area (Å²) in [6.07, 6.45) is 3.41. The van der Waals surface area contributed by atoms with Gasteiger partial charge in [-0.3, -0.25) is 0 Å². The molecule has 1 aliphatic carbocycles. The van der Waals surface area contributed by atoms with E-state index < -0.39 is 9.84 Å². The first-order valence-electron chi connectivity index (χ1n) is 7.05. The van der Waals surface area contributed by atoms with Crippen molar-refractivity contribution in [3.8, 4) is 0 Å². The fourth-order valence-corrected chi connectivity index (χ4v) is 3.66. The summed E-state index contributed by atoms with van der Waals surface area (Å²) in [5.41, 5.74) is 2.75. The lowest BCUT2D eigenvalue weighted by Gasteiger charge is -2.39. The smallest absolute Gasteiger partial charge is 0.148 e. The van der Waals surface area contributed by atoms with Crippen LogP contribution in [-0.4, -0.2) is 52.0 Å². The Labute approximate surface area is 122 Å². The maximum atomic E-state index is 11.3. The van der Waals surface area contributed by atoms with E-state index in [1.165, 1.54) is 17.4 Å². The van der Waals surface area contributed by atoms with E-state index in [0.717, 1.165) is 12.8 Å². The second-order valence-corrected chi connectivity index (χ2v) is 7.94. The predicted molar refractivity (Wildman–Crippen MR) is 82.7 cm³/mol. The zero-order valence-corrected chi connectivity index (χ0v) is 13.3. The molecule has 0 saturated heterocycles. The Balaban J connectivity index is 2.13. The summed E-state index contributed by atoms with van der Waals surface area (Å²) in [5.74, 6) is 0.220. The van der Waals surface area contributed by atoms with Crippen molar-refractivity contribution in [3.63, 3.8) is 0 Å². The molecule has 0 radical (unpaired) electrons. The summed E-state index contributed by atoms with van der Waals surface area (Å²) < 4.78 is 22.7. The Morgan fingerprint density at radius 3 is 2.70 bits per heavy atom. The minimum atomic E-state index is -2.90. The number of rotatable bonds is 5. The number of nitrogens with zero attached hydrogens (tertiary/aromatic N) is 1. The molecule has 1 aromatic rings. The summed E-state index contributed by atoms with van der Waals surface area (Å²) in [7, 11) is 1.09. The summed E-state index contributed by atoms with van der Waals surface area (Å²) in [5, 5.41) is 3.40. The fraction of sp³-hybridized carbons (Fsp3) is 0.600. The zero-order valence-electron chi connectivity index (χ0n) is 12.5. The SMILES string of the molecule is CNC1c2ccccc2CCC1N(C)CCS(C)(=O)=O. The number of hydrogen-bond donors (Lipinski definition) is 1. The third kappa shape index (κ3) is 3.59. The molecule has 1 aliphatic rings. The van der Waals surface area contributed by atoms with Gasteiger partial charge in [0, 0.05) is 24.9 Å². The molecule has 0 bridgehead atoms. The number of likely N-dealkylation sites (N-methyl/N-ethyl adjacent to an activating group) is 2. The van der Waals surface area contributed by atoms with Crippen molar-refractivity contribution in [1.29, 1.82) is 0 Å². The van der Waals surface area contributed by atoms with Gasteiger partial charge in [-0.2, -0.15) is 0 Å². The number of hydrogen-bond acceptors (Lipinski definition) is 4. The molecule has 2 unspecified atom stereocenters. The highest BCUT2D eigenvalue weighted by atomic mass is 32.2. The van der Waals surface area contributed by atoms with Crippen molar-refractivity contribution in [3.05, 3.63) is 35.4 Å². The monoisotopic (exact) mass is 296 g/mol. The highest BCUT2D eigenvalue weighted by Crippen LogP contribution is 2.32. The fourth-order valence-electron chi connectivity index (χ4n) is 3.04. The van der Waals surface area contributed by atoms with E-state index in [9.17, 15) is 8.42 Å². The van der Waals surface area contributed by atoms with Crippen LogP contribution in [0, 0.1) is 0 Å². The van der Waals surface area contributed by atoms with Gasteiger partial charge in [-0.15, -0.1) is 0 Å². The second-order valence-electron chi connectivity index (χ2n) is 5.68. The maximum absolute atomic E-state index is 11.3.